The van der Waals surface area contributed by atoms with Gasteiger partial charge in [-0.1, -0.05) is 12.1 Å². The van der Waals surface area contributed by atoms with E-state index in [4.69, 9.17) is 11.6 Å². The number of piperidine rings is 1. The third kappa shape index (κ3) is 3.10. The Morgan fingerprint density at radius 2 is 1.85 bits per heavy atom. The number of carbonyl (C=O) groups excluding carboxylic acids is 3. The Morgan fingerprint density at radius 3 is 2.59 bits per heavy atom. The van der Waals surface area contributed by atoms with Crippen LogP contribution in [0.5, 0.6) is 0 Å². The van der Waals surface area contributed by atoms with Gasteiger partial charge >= 0.3 is 0 Å². The fourth-order valence-corrected chi connectivity index (χ4v) is 3.82. The summed E-state index contributed by atoms with van der Waals surface area (Å²) in [5.74, 6) is -1.24. The third-order valence-electron chi connectivity index (χ3n) is 5.05. The van der Waals surface area contributed by atoms with Crippen molar-refractivity contribution in [2.75, 3.05) is 0 Å². The highest BCUT2D eigenvalue weighted by molar-refractivity contribution is 6.17. The van der Waals surface area contributed by atoms with E-state index >= 15 is 0 Å². The maximum Gasteiger partial charge on any atom is 0.255 e. The number of nitrogens with zero attached hydrogens (tertiary/aromatic N) is 1. The normalized spacial score (nSPS) is 19.3. The molecule has 2 aromatic rings. The molecule has 2 aliphatic rings. The van der Waals surface area contributed by atoms with Gasteiger partial charge in [0.2, 0.25) is 11.8 Å². The zero-order valence-corrected chi connectivity index (χ0v) is 15.1. The first kappa shape index (κ1) is 17.7. The molecule has 2 aliphatic heterocycles. The second-order valence-corrected chi connectivity index (χ2v) is 6.98. The van der Waals surface area contributed by atoms with E-state index in [1.165, 1.54) is 11.0 Å². The molecular formula is C20H16ClFN2O3. The van der Waals surface area contributed by atoms with Crippen LogP contribution in [0.25, 0.3) is 11.1 Å². The molecule has 2 aromatic carbocycles. The molecule has 0 aromatic heterocycles. The molecule has 7 heteroatoms. The number of hydrogen-bond donors (Lipinski definition) is 1. The van der Waals surface area contributed by atoms with Gasteiger partial charge in [-0.2, -0.15) is 0 Å². The number of imide groups is 1. The summed E-state index contributed by atoms with van der Waals surface area (Å²) < 4.78 is 13.7. The number of hydrogen-bond acceptors (Lipinski definition) is 3. The first-order valence-corrected chi connectivity index (χ1v) is 9.13. The summed E-state index contributed by atoms with van der Waals surface area (Å²) in [5.41, 5.74) is 3.41. The smallest absolute Gasteiger partial charge is 0.255 e. The Labute approximate surface area is 160 Å². The van der Waals surface area contributed by atoms with Crippen LogP contribution < -0.4 is 5.32 Å². The quantitative estimate of drug-likeness (QED) is 0.651. The Kier molecular flexibility index (Phi) is 4.44. The molecule has 1 N–H and O–H groups in total. The highest BCUT2D eigenvalue weighted by Crippen LogP contribution is 2.32. The molecule has 138 valence electrons. The summed E-state index contributed by atoms with van der Waals surface area (Å²) in [4.78, 5) is 37.7. The molecule has 0 aliphatic carbocycles. The third-order valence-corrected chi connectivity index (χ3v) is 5.33. The van der Waals surface area contributed by atoms with Crippen molar-refractivity contribution in [3.8, 4) is 11.1 Å². The number of alkyl halides is 1. The number of amides is 3. The van der Waals surface area contributed by atoms with Gasteiger partial charge in [0.25, 0.3) is 5.91 Å². The van der Waals surface area contributed by atoms with Gasteiger partial charge in [-0.15, -0.1) is 11.6 Å². The van der Waals surface area contributed by atoms with E-state index < -0.39 is 11.9 Å². The molecule has 0 radical (unpaired) electrons. The lowest BCUT2D eigenvalue weighted by molar-refractivity contribution is -0.136. The van der Waals surface area contributed by atoms with Crippen LogP contribution in [0.3, 0.4) is 0 Å². The van der Waals surface area contributed by atoms with Crippen LogP contribution in [-0.2, 0) is 22.0 Å². The van der Waals surface area contributed by atoms with Gasteiger partial charge in [-0.3, -0.25) is 19.7 Å². The van der Waals surface area contributed by atoms with Crippen molar-refractivity contribution in [3.63, 3.8) is 0 Å². The molecule has 0 saturated carbocycles. The lowest BCUT2D eigenvalue weighted by Crippen LogP contribution is -2.52. The molecule has 1 saturated heterocycles. The molecule has 4 rings (SSSR count). The van der Waals surface area contributed by atoms with Crippen LogP contribution in [0, 0.1) is 5.82 Å². The molecule has 1 unspecified atom stereocenters. The summed E-state index contributed by atoms with van der Waals surface area (Å²) in [5, 5.41) is 2.29. The van der Waals surface area contributed by atoms with Crippen molar-refractivity contribution in [2.24, 2.45) is 0 Å². The van der Waals surface area contributed by atoms with Gasteiger partial charge in [0.1, 0.15) is 11.9 Å². The second-order valence-electron chi connectivity index (χ2n) is 6.71. The molecule has 5 nitrogen and oxygen atoms in total. The van der Waals surface area contributed by atoms with E-state index in [-0.39, 0.29) is 29.9 Å². The molecule has 2 heterocycles. The predicted octanol–water partition coefficient (Wildman–Crippen LogP) is 2.99. The van der Waals surface area contributed by atoms with Gasteiger partial charge in [0.05, 0.1) is 5.88 Å². The zero-order chi connectivity index (χ0) is 19.1. The highest BCUT2D eigenvalue weighted by atomic mass is 35.5. The highest BCUT2D eigenvalue weighted by Gasteiger charge is 2.39. The Morgan fingerprint density at radius 1 is 1.11 bits per heavy atom. The monoisotopic (exact) mass is 386 g/mol. The number of halogens is 2. The number of fused-ring (bicyclic) bond motifs is 1. The summed E-state index contributed by atoms with van der Waals surface area (Å²) in [7, 11) is 0. The Hall–Kier alpha value is -2.73. The Bertz CT molecular complexity index is 976. The average molecular weight is 387 g/mol. The number of nitrogens with one attached hydrogen (secondary N) is 1. The number of benzene rings is 2. The summed E-state index contributed by atoms with van der Waals surface area (Å²) in [6, 6.07) is 9.50. The Balaban J connectivity index is 1.63. The van der Waals surface area contributed by atoms with E-state index in [2.05, 4.69) is 5.32 Å². The summed E-state index contributed by atoms with van der Waals surface area (Å²) in [6.07, 6.45) is 0.548. The molecular weight excluding hydrogens is 371 g/mol. The molecule has 0 spiro atoms. The van der Waals surface area contributed by atoms with Crippen LogP contribution >= 0.6 is 11.6 Å². The summed E-state index contributed by atoms with van der Waals surface area (Å²) >= 11 is 5.78. The van der Waals surface area contributed by atoms with Crippen molar-refractivity contribution in [1.82, 2.24) is 10.2 Å². The largest absolute Gasteiger partial charge is 0.322 e. The van der Waals surface area contributed by atoms with E-state index in [0.29, 0.717) is 24.1 Å². The topological polar surface area (TPSA) is 66.5 Å². The maximum atomic E-state index is 13.7. The van der Waals surface area contributed by atoms with E-state index in [1.54, 1.807) is 24.3 Å². The van der Waals surface area contributed by atoms with Gasteiger partial charge < -0.3 is 4.90 Å². The lowest BCUT2D eigenvalue weighted by Gasteiger charge is -2.29. The summed E-state index contributed by atoms with van der Waals surface area (Å²) in [6.45, 7) is 0.303. The van der Waals surface area contributed by atoms with Crippen molar-refractivity contribution in [3.05, 3.63) is 58.9 Å². The minimum atomic E-state index is -0.639. The molecule has 0 bridgehead atoms. The van der Waals surface area contributed by atoms with Crippen LogP contribution in [-0.4, -0.2) is 28.7 Å². The van der Waals surface area contributed by atoms with Crippen LogP contribution in [0.2, 0.25) is 0 Å². The number of carbonyl (C=O) groups is 3. The van der Waals surface area contributed by atoms with Crippen molar-refractivity contribution in [1.29, 1.82) is 0 Å². The maximum absolute atomic E-state index is 13.7. The zero-order valence-electron chi connectivity index (χ0n) is 14.3. The van der Waals surface area contributed by atoms with Gasteiger partial charge in [0, 0.05) is 24.1 Å². The van der Waals surface area contributed by atoms with Gasteiger partial charge in [0.15, 0.2) is 0 Å². The average Bonchev–Trinajstić information content (AvgIpc) is 2.98. The second kappa shape index (κ2) is 6.78. The van der Waals surface area contributed by atoms with Crippen LogP contribution in [0.1, 0.15) is 34.3 Å². The standard InChI is InChI=1S/C20H16ClFN2O3/c21-9-13-7-12(2-4-16(13)22)11-1-3-15-14(8-11)10-24(20(15)27)17-5-6-18(25)23-19(17)26/h1-4,7-8,17H,5-6,9-10H2,(H,23,25,26). The lowest BCUT2D eigenvalue weighted by atomic mass is 9.99. The van der Waals surface area contributed by atoms with Gasteiger partial charge in [-0.05, 0) is 47.4 Å². The molecule has 1 atom stereocenters. The first-order chi connectivity index (χ1) is 13.0. The predicted molar refractivity (Wildman–Crippen MR) is 97.4 cm³/mol. The van der Waals surface area contributed by atoms with E-state index in [9.17, 15) is 18.8 Å². The molecule has 3 amide bonds. The fraction of sp³-hybridized carbons (Fsp3) is 0.250. The molecule has 1 fully saturated rings. The fourth-order valence-electron chi connectivity index (χ4n) is 3.61. The minimum Gasteiger partial charge on any atom is -0.322 e. The van der Waals surface area contributed by atoms with Crippen molar-refractivity contribution in [2.45, 2.75) is 31.3 Å². The van der Waals surface area contributed by atoms with E-state index in [0.717, 1.165) is 16.7 Å². The van der Waals surface area contributed by atoms with Crippen LogP contribution in [0.4, 0.5) is 4.39 Å². The van der Waals surface area contributed by atoms with Crippen LogP contribution in [0.15, 0.2) is 36.4 Å². The van der Waals surface area contributed by atoms with Crippen molar-refractivity contribution >= 4 is 29.3 Å². The van der Waals surface area contributed by atoms with E-state index in [1.807, 2.05) is 6.07 Å². The SMILES string of the molecule is O=C1CCC(N2Cc3cc(-c4ccc(F)c(CCl)c4)ccc3C2=O)C(=O)N1. The van der Waals surface area contributed by atoms with Gasteiger partial charge in [-0.25, -0.2) is 4.39 Å². The van der Waals surface area contributed by atoms with Crippen molar-refractivity contribution < 1.29 is 18.8 Å². The molecule has 27 heavy (non-hydrogen) atoms. The minimum absolute atomic E-state index is 0.0758. The number of rotatable bonds is 3. The first-order valence-electron chi connectivity index (χ1n) is 8.60.